The Labute approximate surface area is 115 Å². The van der Waals surface area contributed by atoms with E-state index in [9.17, 15) is 4.79 Å². The monoisotopic (exact) mass is 315 g/mol. The van der Waals surface area contributed by atoms with Gasteiger partial charge in [-0.3, -0.25) is 4.79 Å². The first kappa shape index (κ1) is 12.9. The SMILES string of the molecule is Cc1c(Br)cccc1C(=O)NCC(Cl)C1CC1. The van der Waals surface area contributed by atoms with Crippen LogP contribution in [0.2, 0.25) is 0 Å². The van der Waals surface area contributed by atoms with E-state index in [0.29, 0.717) is 18.0 Å². The molecule has 1 unspecified atom stereocenters. The molecule has 2 rings (SSSR count). The number of hydrogen-bond donors (Lipinski definition) is 1. The van der Waals surface area contributed by atoms with Crippen molar-refractivity contribution in [1.82, 2.24) is 5.32 Å². The summed E-state index contributed by atoms with van der Waals surface area (Å²) < 4.78 is 0.953. The summed E-state index contributed by atoms with van der Waals surface area (Å²) in [5.74, 6) is 0.552. The van der Waals surface area contributed by atoms with E-state index in [1.807, 2.05) is 25.1 Å². The second-order valence-corrected chi connectivity index (χ2v) is 5.89. The summed E-state index contributed by atoms with van der Waals surface area (Å²) in [7, 11) is 0. The molecule has 17 heavy (non-hydrogen) atoms. The largest absolute Gasteiger partial charge is 0.351 e. The third-order valence-electron chi connectivity index (χ3n) is 3.10. The fourth-order valence-electron chi connectivity index (χ4n) is 1.76. The molecule has 1 saturated carbocycles. The highest BCUT2D eigenvalue weighted by atomic mass is 79.9. The Balaban J connectivity index is 1.96. The molecule has 1 amide bonds. The molecule has 0 saturated heterocycles. The van der Waals surface area contributed by atoms with Crippen molar-refractivity contribution >= 4 is 33.4 Å². The number of rotatable bonds is 4. The van der Waals surface area contributed by atoms with Crippen LogP contribution in [0.4, 0.5) is 0 Å². The molecule has 1 atom stereocenters. The standard InChI is InChI=1S/C13H15BrClNO/c1-8-10(3-2-4-11(8)14)13(17)16-7-12(15)9-5-6-9/h2-4,9,12H,5-7H2,1H3,(H,16,17). The minimum Gasteiger partial charge on any atom is -0.351 e. The first-order chi connectivity index (χ1) is 8.09. The lowest BCUT2D eigenvalue weighted by molar-refractivity contribution is 0.0952. The van der Waals surface area contributed by atoms with Gasteiger partial charge in [0.05, 0.1) is 5.38 Å². The molecule has 1 aliphatic rings. The van der Waals surface area contributed by atoms with Crippen molar-refractivity contribution in [2.45, 2.75) is 25.1 Å². The fourth-order valence-corrected chi connectivity index (χ4v) is 2.46. The Hall–Kier alpha value is -0.540. The van der Waals surface area contributed by atoms with Gasteiger partial charge in [-0.1, -0.05) is 22.0 Å². The molecule has 1 aliphatic carbocycles. The quantitative estimate of drug-likeness (QED) is 0.846. The molecule has 1 N–H and O–H groups in total. The Bertz CT molecular complexity index is 431. The number of amides is 1. The number of nitrogens with one attached hydrogen (secondary N) is 1. The van der Waals surface area contributed by atoms with E-state index in [1.54, 1.807) is 0 Å². The van der Waals surface area contributed by atoms with Crippen molar-refractivity contribution < 1.29 is 4.79 Å². The number of carbonyl (C=O) groups excluding carboxylic acids is 1. The maximum absolute atomic E-state index is 12.0. The smallest absolute Gasteiger partial charge is 0.251 e. The van der Waals surface area contributed by atoms with Gasteiger partial charge >= 0.3 is 0 Å². The Kier molecular flexibility index (Phi) is 4.10. The lowest BCUT2D eigenvalue weighted by atomic mass is 10.1. The lowest BCUT2D eigenvalue weighted by Crippen LogP contribution is -2.31. The summed E-state index contributed by atoms with van der Waals surface area (Å²) in [5, 5.41) is 2.97. The van der Waals surface area contributed by atoms with Crippen LogP contribution in [0.15, 0.2) is 22.7 Å². The summed E-state index contributed by atoms with van der Waals surface area (Å²) in [4.78, 5) is 12.0. The van der Waals surface area contributed by atoms with Crippen molar-refractivity contribution in [1.29, 1.82) is 0 Å². The van der Waals surface area contributed by atoms with Crippen molar-refractivity contribution in [3.8, 4) is 0 Å². The zero-order valence-electron chi connectivity index (χ0n) is 9.67. The van der Waals surface area contributed by atoms with Gasteiger partial charge in [-0.2, -0.15) is 0 Å². The molecular formula is C13H15BrClNO. The second kappa shape index (κ2) is 5.40. The zero-order chi connectivity index (χ0) is 12.4. The molecule has 0 spiro atoms. The minimum atomic E-state index is -0.0462. The number of alkyl halides is 1. The van der Waals surface area contributed by atoms with Crippen LogP contribution in [0.1, 0.15) is 28.8 Å². The normalized spacial score (nSPS) is 16.6. The predicted octanol–water partition coefficient (Wildman–Crippen LogP) is 3.50. The van der Waals surface area contributed by atoms with Gasteiger partial charge in [-0.15, -0.1) is 11.6 Å². The van der Waals surface area contributed by atoms with Gasteiger partial charge in [-0.25, -0.2) is 0 Å². The molecule has 0 aliphatic heterocycles. The van der Waals surface area contributed by atoms with Crippen LogP contribution < -0.4 is 5.32 Å². The number of benzene rings is 1. The van der Waals surface area contributed by atoms with Crippen LogP contribution in [-0.4, -0.2) is 17.8 Å². The van der Waals surface area contributed by atoms with Crippen molar-refractivity contribution in [3.63, 3.8) is 0 Å². The molecule has 0 aromatic heterocycles. The summed E-state index contributed by atoms with van der Waals surface area (Å²) in [6.07, 6.45) is 2.39. The maximum Gasteiger partial charge on any atom is 0.251 e. The van der Waals surface area contributed by atoms with Crippen LogP contribution in [0.5, 0.6) is 0 Å². The van der Waals surface area contributed by atoms with Crippen LogP contribution in [0.3, 0.4) is 0 Å². The van der Waals surface area contributed by atoms with E-state index in [1.165, 1.54) is 12.8 Å². The molecule has 1 aromatic rings. The highest BCUT2D eigenvalue weighted by Gasteiger charge is 2.29. The lowest BCUT2D eigenvalue weighted by Gasteiger charge is -2.11. The highest BCUT2D eigenvalue weighted by Crippen LogP contribution is 2.35. The van der Waals surface area contributed by atoms with Crippen LogP contribution in [-0.2, 0) is 0 Å². The highest BCUT2D eigenvalue weighted by molar-refractivity contribution is 9.10. The van der Waals surface area contributed by atoms with E-state index in [4.69, 9.17) is 11.6 Å². The molecule has 92 valence electrons. The van der Waals surface area contributed by atoms with Crippen LogP contribution in [0, 0.1) is 12.8 Å². The van der Waals surface area contributed by atoms with Crippen molar-refractivity contribution in [2.75, 3.05) is 6.54 Å². The van der Waals surface area contributed by atoms with E-state index >= 15 is 0 Å². The van der Waals surface area contributed by atoms with Gasteiger partial charge in [-0.05, 0) is 43.4 Å². The topological polar surface area (TPSA) is 29.1 Å². The van der Waals surface area contributed by atoms with Crippen molar-refractivity contribution in [3.05, 3.63) is 33.8 Å². The summed E-state index contributed by atoms with van der Waals surface area (Å²) in [5.41, 5.74) is 1.67. The molecule has 2 nitrogen and oxygen atoms in total. The van der Waals surface area contributed by atoms with Gasteiger partial charge in [0, 0.05) is 16.6 Å². The third-order valence-corrected chi connectivity index (χ3v) is 4.47. The second-order valence-electron chi connectivity index (χ2n) is 4.48. The number of carbonyl (C=O) groups is 1. The molecule has 4 heteroatoms. The Morgan fingerprint density at radius 3 is 2.94 bits per heavy atom. The summed E-state index contributed by atoms with van der Waals surface area (Å²) in [6, 6.07) is 5.63. The Morgan fingerprint density at radius 1 is 1.59 bits per heavy atom. The third kappa shape index (κ3) is 3.23. The summed E-state index contributed by atoms with van der Waals surface area (Å²) >= 11 is 9.58. The fraction of sp³-hybridized carbons (Fsp3) is 0.462. The van der Waals surface area contributed by atoms with Gasteiger partial charge in [0.25, 0.3) is 5.91 Å². The summed E-state index contributed by atoms with van der Waals surface area (Å²) in [6.45, 7) is 2.48. The molecule has 1 aromatic carbocycles. The molecule has 0 bridgehead atoms. The van der Waals surface area contributed by atoms with Crippen LogP contribution in [0.25, 0.3) is 0 Å². The van der Waals surface area contributed by atoms with Gasteiger partial charge in [0.2, 0.25) is 0 Å². The van der Waals surface area contributed by atoms with Gasteiger partial charge < -0.3 is 5.32 Å². The van der Waals surface area contributed by atoms with E-state index in [0.717, 1.165) is 10.0 Å². The van der Waals surface area contributed by atoms with E-state index in [-0.39, 0.29) is 11.3 Å². The zero-order valence-corrected chi connectivity index (χ0v) is 12.0. The maximum atomic E-state index is 12.0. The first-order valence-electron chi connectivity index (χ1n) is 5.77. The van der Waals surface area contributed by atoms with Gasteiger partial charge in [0.1, 0.15) is 0 Å². The Morgan fingerprint density at radius 2 is 2.29 bits per heavy atom. The molecule has 1 fully saturated rings. The number of hydrogen-bond acceptors (Lipinski definition) is 1. The first-order valence-corrected chi connectivity index (χ1v) is 7.00. The van der Waals surface area contributed by atoms with Gasteiger partial charge in [0.15, 0.2) is 0 Å². The van der Waals surface area contributed by atoms with Crippen LogP contribution >= 0.6 is 27.5 Å². The molecule has 0 heterocycles. The average Bonchev–Trinajstić information content (AvgIpc) is 3.13. The average molecular weight is 317 g/mol. The predicted molar refractivity (Wildman–Crippen MR) is 73.6 cm³/mol. The van der Waals surface area contributed by atoms with E-state index in [2.05, 4.69) is 21.2 Å². The number of halogens is 2. The van der Waals surface area contributed by atoms with Crippen molar-refractivity contribution in [2.24, 2.45) is 5.92 Å². The molecular weight excluding hydrogens is 302 g/mol. The minimum absolute atomic E-state index is 0.0462. The van der Waals surface area contributed by atoms with E-state index < -0.39 is 0 Å². The molecule has 0 radical (unpaired) electrons.